The van der Waals surface area contributed by atoms with Gasteiger partial charge in [0.1, 0.15) is 0 Å². The van der Waals surface area contributed by atoms with Crippen molar-refractivity contribution in [3.8, 4) is 0 Å². The summed E-state index contributed by atoms with van der Waals surface area (Å²) in [5.41, 5.74) is 2.14. The summed E-state index contributed by atoms with van der Waals surface area (Å²) >= 11 is 0.983. The number of rotatable bonds is 5. The Balaban J connectivity index is 1.71. The van der Waals surface area contributed by atoms with E-state index in [1.807, 2.05) is 31.2 Å². The number of aryl methyl sites for hydroxylation is 1. The molecule has 0 radical (unpaired) electrons. The van der Waals surface area contributed by atoms with Gasteiger partial charge in [-0.05, 0) is 24.1 Å². The minimum atomic E-state index is -0.378. The Hall–Kier alpha value is -2.28. The molecule has 1 aliphatic rings. The molecule has 22 heavy (non-hydrogen) atoms. The predicted molar refractivity (Wildman–Crippen MR) is 86.3 cm³/mol. The second-order valence-electron chi connectivity index (χ2n) is 4.69. The van der Waals surface area contributed by atoms with E-state index < -0.39 is 0 Å². The molecule has 0 bridgehead atoms. The molecule has 1 saturated heterocycles. The summed E-state index contributed by atoms with van der Waals surface area (Å²) in [5.74, 6) is -0.0267. The van der Waals surface area contributed by atoms with Gasteiger partial charge < -0.3 is 10.6 Å². The Morgan fingerprint density at radius 3 is 2.82 bits per heavy atom. The number of hydrogen-bond acceptors (Lipinski definition) is 4. The average Bonchev–Trinajstić information content (AvgIpc) is 2.81. The SMILES string of the molecule is Cc1ccccc1/C=C/NC(=O)NCCN1C(=O)CSC1=O. The van der Waals surface area contributed by atoms with Gasteiger partial charge in [-0.15, -0.1) is 0 Å². The van der Waals surface area contributed by atoms with Gasteiger partial charge >= 0.3 is 6.03 Å². The average molecular weight is 319 g/mol. The van der Waals surface area contributed by atoms with Crippen molar-refractivity contribution in [1.29, 1.82) is 0 Å². The molecule has 1 aromatic rings. The Morgan fingerprint density at radius 2 is 2.14 bits per heavy atom. The second-order valence-corrected chi connectivity index (χ2v) is 5.62. The number of carbonyl (C=O) groups is 3. The summed E-state index contributed by atoms with van der Waals surface area (Å²) in [4.78, 5) is 35.5. The molecule has 116 valence electrons. The van der Waals surface area contributed by atoms with Crippen molar-refractivity contribution in [2.24, 2.45) is 0 Å². The zero-order chi connectivity index (χ0) is 15.9. The molecule has 1 aliphatic heterocycles. The third kappa shape index (κ3) is 4.36. The Morgan fingerprint density at radius 1 is 1.36 bits per heavy atom. The van der Waals surface area contributed by atoms with E-state index in [4.69, 9.17) is 0 Å². The van der Waals surface area contributed by atoms with Crippen molar-refractivity contribution in [2.75, 3.05) is 18.8 Å². The first-order chi connectivity index (χ1) is 10.6. The number of carbonyl (C=O) groups excluding carboxylic acids is 3. The molecule has 0 saturated carbocycles. The normalized spacial score (nSPS) is 14.7. The number of amides is 4. The fraction of sp³-hybridized carbons (Fsp3) is 0.267. The molecular formula is C15H17N3O3S. The summed E-state index contributed by atoms with van der Waals surface area (Å²) in [6.07, 6.45) is 3.36. The highest BCUT2D eigenvalue weighted by molar-refractivity contribution is 8.14. The maximum atomic E-state index is 11.6. The number of nitrogens with one attached hydrogen (secondary N) is 2. The third-order valence-electron chi connectivity index (χ3n) is 3.13. The van der Waals surface area contributed by atoms with Crippen LogP contribution in [0, 0.1) is 6.92 Å². The van der Waals surface area contributed by atoms with E-state index in [9.17, 15) is 14.4 Å². The van der Waals surface area contributed by atoms with Crippen molar-refractivity contribution in [2.45, 2.75) is 6.92 Å². The van der Waals surface area contributed by atoms with Gasteiger partial charge in [0.05, 0.1) is 5.75 Å². The van der Waals surface area contributed by atoms with Crippen LogP contribution in [0.4, 0.5) is 9.59 Å². The number of hydrogen-bond donors (Lipinski definition) is 2. The van der Waals surface area contributed by atoms with Crippen LogP contribution in [0.15, 0.2) is 30.5 Å². The highest BCUT2D eigenvalue weighted by Crippen LogP contribution is 2.17. The lowest BCUT2D eigenvalue weighted by Crippen LogP contribution is -2.40. The van der Waals surface area contributed by atoms with Crippen LogP contribution >= 0.6 is 11.8 Å². The van der Waals surface area contributed by atoms with Crippen LogP contribution in [-0.4, -0.2) is 40.9 Å². The highest BCUT2D eigenvalue weighted by Gasteiger charge is 2.29. The molecule has 2 N–H and O–H groups in total. The molecule has 7 heteroatoms. The molecule has 1 fully saturated rings. The van der Waals surface area contributed by atoms with Crippen molar-refractivity contribution >= 4 is 35.0 Å². The number of thioether (sulfide) groups is 1. The van der Waals surface area contributed by atoms with E-state index in [-0.39, 0.29) is 36.0 Å². The predicted octanol–water partition coefficient (Wildman–Crippen LogP) is 1.96. The Bertz CT molecular complexity index is 600. The molecule has 0 spiro atoms. The van der Waals surface area contributed by atoms with Gasteiger partial charge in [-0.3, -0.25) is 14.5 Å². The van der Waals surface area contributed by atoms with Crippen LogP contribution in [0.1, 0.15) is 11.1 Å². The first kappa shape index (κ1) is 16.1. The van der Waals surface area contributed by atoms with Crippen LogP contribution in [0.25, 0.3) is 6.08 Å². The Kier molecular flexibility index (Phi) is 5.60. The van der Waals surface area contributed by atoms with Gasteiger partial charge in [0.2, 0.25) is 5.91 Å². The van der Waals surface area contributed by atoms with Gasteiger partial charge in [-0.1, -0.05) is 36.0 Å². The topological polar surface area (TPSA) is 78.5 Å². The van der Waals surface area contributed by atoms with Crippen LogP contribution in [-0.2, 0) is 4.79 Å². The first-order valence-corrected chi connectivity index (χ1v) is 7.80. The van der Waals surface area contributed by atoms with Crippen molar-refractivity contribution in [1.82, 2.24) is 15.5 Å². The number of nitrogens with zero attached hydrogens (tertiary/aromatic N) is 1. The first-order valence-electron chi connectivity index (χ1n) is 6.81. The molecule has 0 atom stereocenters. The lowest BCUT2D eigenvalue weighted by atomic mass is 10.1. The molecule has 0 aromatic heterocycles. The van der Waals surface area contributed by atoms with Gasteiger partial charge in [-0.2, -0.15) is 0 Å². The van der Waals surface area contributed by atoms with E-state index in [0.717, 1.165) is 27.8 Å². The molecule has 0 aliphatic carbocycles. The second kappa shape index (κ2) is 7.65. The maximum Gasteiger partial charge on any atom is 0.318 e. The summed E-state index contributed by atoms with van der Waals surface area (Å²) in [6, 6.07) is 7.44. The van der Waals surface area contributed by atoms with Crippen molar-refractivity contribution in [3.05, 3.63) is 41.6 Å². The molecule has 1 heterocycles. The van der Waals surface area contributed by atoms with E-state index in [0.29, 0.717) is 0 Å². The fourth-order valence-electron chi connectivity index (χ4n) is 1.91. The molecule has 1 aromatic carbocycles. The molecule has 2 rings (SSSR count). The highest BCUT2D eigenvalue weighted by atomic mass is 32.2. The van der Waals surface area contributed by atoms with Crippen LogP contribution < -0.4 is 10.6 Å². The number of imide groups is 1. The number of urea groups is 1. The van der Waals surface area contributed by atoms with Crippen LogP contribution in [0.5, 0.6) is 0 Å². The zero-order valence-electron chi connectivity index (χ0n) is 12.2. The Labute approximate surface area is 132 Å². The van der Waals surface area contributed by atoms with Gasteiger partial charge in [-0.25, -0.2) is 4.79 Å². The fourth-order valence-corrected chi connectivity index (χ4v) is 2.66. The summed E-state index contributed by atoms with van der Waals surface area (Å²) < 4.78 is 0. The molecule has 4 amide bonds. The smallest absolute Gasteiger partial charge is 0.318 e. The van der Waals surface area contributed by atoms with Crippen molar-refractivity contribution in [3.63, 3.8) is 0 Å². The minimum Gasteiger partial charge on any atom is -0.336 e. The third-order valence-corrected chi connectivity index (χ3v) is 3.99. The molecule has 6 nitrogen and oxygen atoms in total. The monoisotopic (exact) mass is 319 g/mol. The van der Waals surface area contributed by atoms with Crippen LogP contribution in [0.3, 0.4) is 0 Å². The summed E-state index contributed by atoms with van der Waals surface area (Å²) in [5, 5.41) is 4.92. The largest absolute Gasteiger partial charge is 0.336 e. The van der Waals surface area contributed by atoms with Gasteiger partial charge in [0, 0.05) is 19.3 Å². The summed E-state index contributed by atoms with van der Waals surface area (Å²) in [7, 11) is 0. The van der Waals surface area contributed by atoms with E-state index in [2.05, 4.69) is 10.6 Å². The van der Waals surface area contributed by atoms with E-state index in [1.165, 1.54) is 0 Å². The quantitative estimate of drug-likeness (QED) is 0.869. The zero-order valence-corrected chi connectivity index (χ0v) is 13.0. The standard InChI is InChI=1S/C15H17N3O3S/c1-11-4-2-3-5-12(11)6-7-16-14(20)17-8-9-18-13(19)10-22-15(18)21/h2-7H,8-10H2,1H3,(H2,16,17,20)/b7-6+. The molecule has 0 unspecified atom stereocenters. The number of benzene rings is 1. The summed E-state index contributed by atoms with van der Waals surface area (Å²) in [6.45, 7) is 2.41. The van der Waals surface area contributed by atoms with E-state index in [1.54, 1.807) is 12.3 Å². The lowest BCUT2D eigenvalue weighted by Gasteiger charge is -2.12. The van der Waals surface area contributed by atoms with E-state index >= 15 is 0 Å². The lowest BCUT2D eigenvalue weighted by molar-refractivity contribution is -0.124. The van der Waals surface area contributed by atoms with Gasteiger partial charge in [0.25, 0.3) is 5.24 Å². The van der Waals surface area contributed by atoms with Gasteiger partial charge in [0.15, 0.2) is 0 Å². The van der Waals surface area contributed by atoms with Crippen LogP contribution in [0.2, 0.25) is 0 Å². The maximum absolute atomic E-state index is 11.6. The minimum absolute atomic E-state index is 0.185. The molecular weight excluding hydrogens is 302 g/mol. The van der Waals surface area contributed by atoms with Crippen molar-refractivity contribution < 1.29 is 14.4 Å².